The Hall–Kier alpha value is -1.62. The Morgan fingerprint density at radius 3 is 2.47 bits per heavy atom. The smallest absolute Gasteiger partial charge is 0.195 e. The quantitative estimate of drug-likeness (QED) is 0.606. The minimum atomic E-state index is -1.62. The second-order valence-corrected chi connectivity index (χ2v) is 4.87. The summed E-state index contributed by atoms with van der Waals surface area (Å²) in [7, 11) is 0. The molecule has 0 heterocycles. The lowest BCUT2D eigenvalue weighted by atomic mass is 10.0. The van der Waals surface area contributed by atoms with Crippen molar-refractivity contribution >= 4 is 21.7 Å². The van der Waals surface area contributed by atoms with Crippen molar-refractivity contribution in [3.05, 3.63) is 69.4 Å². The van der Waals surface area contributed by atoms with Gasteiger partial charge < -0.3 is 0 Å². The minimum absolute atomic E-state index is 0.0819. The minimum Gasteiger partial charge on any atom is -0.294 e. The number of rotatable bonds is 3. The van der Waals surface area contributed by atoms with Crippen LogP contribution in [0.5, 0.6) is 0 Å². The van der Waals surface area contributed by atoms with Gasteiger partial charge in [0.2, 0.25) is 0 Å². The second-order valence-electron chi connectivity index (χ2n) is 3.95. The molecule has 0 bridgehead atoms. The lowest BCUT2D eigenvalue weighted by Gasteiger charge is -2.05. The van der Waals surface area contributed by atoms with Crippen molar-refractivity contribution in [3.8, 4) is 0 Å². The van der Waals surface area contributed by atoms with E-state index in [9.17, 15) is 18.0 Å². The SMILES string of the molecule is O=C(Cc1cccc(Br)c1)c1ccc(F)c(F)c1F. The fourth-order valence-electron chi connectivity index (χ4n) is 1.67. The van der Waals surface area contributed by atoms with Crippen LogP contribution in [0.4, 0.5) is 13.2 Å². The van der Waals surface area contributed by atoms with E-state index in [0.29, 0.717) is 5.56 Å². The number of ketones is 1. The molecule has 0 aliphatic carbocycles. The van der Waals surface area contributed by atoms with Gasteiger partial charge in [0.15, 0.2) is 23.2 Å². The van der Waals surface area contributed by atoms with Crippen LogP contribution >= 0.6 is 15.9 Å². The third-order valence-electron chi connectivity index (χ3n) is 2.59. The van der Waals surface area contributed by atoms with E-state index in [0.717, 1.165) is 16.6 Å². The number of carbonyl (C=O) groups is 1. The van der Waals surface area contributed by atoms with Crippen LogP contribution in [0.2, 0.25) is 0 Å². The van der Waals surface area contributed by atoms with Crippen LogP contribution < -0.4 is 0 Å². The lowest BCUT2D eigenvalue weighted by Crippen LogP contribution is -2.08. The molecule has 5 heteroatoms. The van der Waals surface area contributed by atoms with E-state index in [1.54, 1.807) is 24.3 Å². The van der Waals surface area contributed by atoms with E-state index in [4.69, 9.17) is 0 Å². The summed E-state index contributed by atoms with van der Waals surface area (Å²) in [4.78, 5) is 11.9. The summed E-state index contributed by atoms with van der Waals surface area (Å²) in [5, 5.41) is 0. The van der Waals surface area contributed by atoms with Gasteiger partial charge in [-0.05, 0) is 29.8 Å². The zero-order valence-corrected chi connectivity index (χ0v) is 11.2. The van der Waals surface area contributed by atoms with Gasteiger partial charge in [-0.2, -0.15) is 0 Å². The molecule has 1 nitrogen and oxygen atoms in total. The number of hydrogen-bond acceptors (Lipinski definition) is 1. The molecule has 0 fully saturated rings. The first kappa shape index (κ1) is 13.8. The first-order valence-corrected chi connectivity index (χ1v) is 6.19. The van der Waals surface area contributed by atoms with Crippen molar-refractivity contribution < 1.29 is 18.0 Å². The zero-order chi connectivity index (χ0) is 14.0. The summed E-state index contributed by atoms with van der Waals surface area (Å²) >= 11 is 3.25. The molecular formula is C14H8BrF3O. The van der Waals surface area contributed by atoms with E-state index in [1.165, 1.54) is 0 Å². The second kappa shape index (κ2) is 5.57. The number of carbonyl (C=O) groups excluding carboxylic acids is 1. The molecular weight excluding hydrogens is 321 g/mol. The average Bonchev–Trinajstić information content (AvgIpc) is 2.36. The van der Waals surface area contributed by atoms with Crippen LogP contribution in [0.15, 0.2) is 40.9 Å². The zero-order valence-electron chi connectivity index (χ0n) is 9.59. The highest BCUT2D eigenvalue weighted by molar-refractivity contribution is 9.10. The molecule has 0 spiro atoms. The van der Waals surface area contributed by atoms with Gasteiger partial charge >= 0.3 is 0 Å². The van der Waals surface area contributed by atoms with Crippen molar-refractivity contribution in [1.82, 2.24) is 0 Å². The summed E-state index contributed by atoms with van der Waals surface area (Å²) < 4.78 is 40.0. The molecule has 19 heavy (non-hydrogen) atoms. The Kier molecular flexibility index (Phi) is 4.04. The van der Waals surface area contributed by atoms with Crippen molar-refractivity contribution in [2.24, 2.45) is 0 Å². The van der Waals surface area contributed by atoms with Crippen molar-refractivity contribution in [2.75, 3.05) is 0 Å². The molecule has 0 radical (unpaired) electrons. The van der Waals surface area contributed by atoms with Gasteiger partial charge in [-0.15, -0.1) is 0 Å². The number of benzene rings is 2. The lowest BCUT2D eigenvalue weighted by molar-refractivity contribution is 0.0988. The van der Waals surface area contributed by atoms with Crippen molar-refractivity contribution in [3.63, 3.8) is 0 Å². The summed E-state index contributed by atoms with van der Waals surface area (Å²) in [5.41, 5.74) is 0.211. The van der Waals surface area contributed by atoms with E-state index in [1.807, 2.05) is 0 Å². The predicted octanol–water partition coefficient (Wildman–Crippen LogP) is 4.29. The molecule has 0 aromatic heterocycles. The standard InChI is InChI=1S/C14H8BrF3O/c15-9-3-1-2-8(6-9)7-12(19)10-4-5-11(16)14(18)13(10)17/h1-6H,7H2. The average molecular weight is 329 g/mol. The van der Waals surface area contributed by atoms with Crippen LogP contribution in [0.25, 0.3) is 0 Å². The van der Waals surface area contributed by atoms with Crippen LogP contribution in [0, 0.1) is 17.5 Å². The predicted molar refractivity (Wildman–Crippen MR) is 68.5 cm³/mol. The molecule has 0 aliphatic heterocycles. The first-order valence-electron chi connectivity index (χ1n) is 5.40. The topological polar surface area (TPSA) is 17.1 Å². The highest BCUT2D eigenvalue weighted by Gasteiger charge is 2.18. The summed E-state index contributed by atoms with van der Waals surface area (Å²) in [6.45, 7) is 0. The highest BCUT2D eigenvalue weighted by atomic mass is 79.9. The Labute approximate surface area is 116 Å². The van der Waals surface area contributed by atoms with Gasteiger partial charge in [0, 0.05) is 10.9 Å². The maximum Gasteiger partial charge on any atom is 0.195 e. The molecule has 2 aromatic rings. The van der Waals surface area contributed by atoms with E-state index < -0.39 is 28.8 Å². The normalized spacial score (nSPS) is 10.5. The molecule has 0 saturated heterocycles. The van der Waals surface area contributed by atoms with Crippen LogP contribution in [-0.2, 0) is 6.42 Å². The first-order chi connectivity index (χ1) is 8.99. The molecule has 0 aliphatic rings. The molecule has 0 unspecified atom stereocenters. The van der Waals surface area contributed by atoms with E-state index in [2.05, 4.69) is 15.9 Å². The highest BCUT2D eigenvalue weighted by Crippen LogP contribution is 2.18. The fraction of sp³-hybridized carbons (Fsp3) is 0.0714. The van der Waals surface area contributed by atoms with Crippen LogP contribution in [0.3, 0.4) is 0 Å². The summed E-state index contributed by atoms with van der Waals surface area (Å²) in [6.07, 6.45) is -0.0819. The summed E-state index contributed by atoms with van der Waals surface area (Å²) in [6, 6.07) is 8.61. The van der Waals surface area contributed by atoms with Gasteiger partial charge in [-0.25, -0.2) is 13.2 Å². The third-order valence-corrected chi connectivity index (χ3v) is 3.08. The van der Waals surface area contributed by atoms with Gasteiger partial charge in [0.05, 0.1) is 5.56 Å². The van der Waals surface area contributed by atoms with Crippen molar-refractivity contribution in [1.29, 1.82) is 0 Å². The van der Waals surface area contributed by atoms with E-state index >= 15 is 0 Å². The van der Waals surface area contributed by atoms with Gasteiger partial charge in [-0.1, -0.05) is 28.1 Å². The maximum atomic E-state index is 13.4. The molecule has 2 aromatic carbocycles. The van der Waals surface area contributed by atoms with Gasteiger partial charge in [-0.3, -0.25) is 4.79 Å². The maximum absolute atomic E-state index is 13.4. The molecule has 2 rings (SSSR count). The number of halogens is 4. The van der Waals surface area contributed by atoms with Crippen LogP contribution in [0.1, 0.15) is 15.9 Å². The Balaban J connectivity index is 2.28. The molecule has 0 saturated carbocycles. The Bertz CT molecular complexity index is 641. The molecule has 98 valence electrons. The monoisotopic (exact) mass is 328 g/mol. The largest absolute Gasteiger partial charge is 0.294 e. The Morgan fingerprint density at radius 2 is 1.79 bits per heavy atom. The molecule has 0 amide bonds. The third kappa shape index (κ3) is 3.04. The number of hydrogen-bond donors (Lipinski definition) is 0. The molecule has 0 atom stereocenters. The fourth-order valence-corrected chi connectivity index (χ4v) is 2.12. The van der Waals surface area contributed by atoms with E-state index in [-0.39, 0.29) is 6.42 Å². The summed E-state index contributed by atoms with van der Waals surface area (Å²) in [5.74, 6) is -4.98. The van der Waals surface area contributed by atoms with Crippen molar-refractivity contribution in [2.45, 2.75) is 6.42 Å². The Morgan fingerprint density at radius 1 is 1.05 bits per heavy atom. The van der Waals surface area contributed by atoms with Crippen LogP contribution in [-0.4, -0.2) is 5.78 Å². The molecule has 0 N–H and O–H groups in total. The van der Waals surface area contributed by atoms with Gasteiger partial charge in [0.25, 0.3) is 0 Å². The number of Topliss-reactive ketones (excluding diaryl/α,β-unsaturated/α-hetero) is 1. The van der Waals surface area contributed by atoms with Gasteiger partial charge in [0.1, 0.15) is 0 Å².